The Kier molecular flexibility index (Phi) is 4.59. The summed E-state index contributed by atoms with van der Waals surface area (Å²) >= 11 is 5.42. The zero-order valence-corrected chi connectivity index (χ0v) is 14.1. The zero-order chi connectivity index (χ0) is 13.9. The molecule has 2 atom stereocenters. The molecule has 3 heteroatoms. The molecular weight excluding hydrogens is 330 g/mol. The van der Waals surface area contributed by atoms with Crippen molar-refractivity contribution in [3.05, 3.63) is 56.2 Å². The van der Waals surface area contributed by atoms with E-state index in [9.17, 15) is 0 Å². The number of rotatable bonds is 4. The molecule has 1 nitrogen and oxygen atoms in total. The summed E-state index contributed by atoms with van der Waals surface area (Å²) in [7, 11) is 2.10. The van der Waals surface area contributed by atoms with Gasteiger partial charge in [-0.3, -0.25) is 0 Å². The van der Waals surface area contributed by atoms with Crippen molar-refractivity contribution >= 4 is 27.3 Å². The molecule has 1 heterocycles. The maximum Gasteiger partial charge on any atom is 0.0701 e. The molecule has 106 valence electrons. The number of benzene rings is 1. The lowest BCUT2D eigenvalue weighted by atomic mass is 9.79. The molecule has 1 aromatic heterocycles. The first-order valence-electron chi connectivity index (χ1n) is 7.24. The minimum Gasteiger partial charge on any atom is -0.316 e. The Hall–Kier alpha value is -0.640. The topological polar surface area (TPSA) is 12.0 Å². The molecule has 1 aliphatic carbocycles. The molecule has 1 aliphatic rings. The second-order valence-corrected chi connectivity index (χ2v) is 8.12. The van der Waals surface area contributed by atoms with Crippen LogP contribution in [0.5, 0.6) is 0 Å². The van der Waals surface area contributed by atoms with Gasteiger partial charge in [0.05, 0.1) is 3.79 Å². The molecule has 2 aromatic rings. The molecule has 2 unspecified atom stereocenters. The van der Waals surface area contributed by atoms with E-state index in [0.29, 0.717) is 6.04 Å². The van der Waals surface area contributed by atoms with Crippen LogP contribution in [0.25, 0.3) is 0 Å². The van der Waals surface area contributed by atoms with Crippen LogP contribution >= 0.6 is 27.3 Å². The molecule has 1 N–H and O–H groups in total. The van der Waals surface area contributed by atoms with Crippen molar-refractivity contribution in [1.82, 2.24) is 5.32 Å². The number of aryl methyl sites for hydroxylation is 1. The number of hydrogen-bond acceptors (Lipinski definition) is 2. The third-order valence-corrected chi connectivity index (χ3v) is 6.02. The Morgan fingerprint density at radius 3 is 2.75 bits per heavy atom. The van der Waals surface area contributed by atoms with E-state index < -0.39 is 0 Å². The lowest BCUT2D eigenvalue weighted by Gasteiger charge is -2.31. The van der Waals surface area contributed by atoms with Crippen LogP contribution in [0, 0.1) is 5.92 Å². The fourth-order valence-corrected chi connectivity index (χ4v) is 4.79. The smallest absolute Gasteiger partial charge is 0.0701 e. The van der Waals surface area contributed by atoms with Gasteiger partial charge in [-0.25, -0.2) is 0 Å². The maximum atomic E-state index is 3.56. The highest BCUT2D eigenvalue weighted by atomic mass is 79.9. The SMILES string of the molecule is CNC(Cc1ccc(Br)s1)C1CCc2ccccc2C1. The predicted molar refractivity (Wildman–Crippen MR) is 90.5 cm³/mol. The van der Waals surface area contributed by atoms with E-state index in [1.54, 1.807) is 11.1 Å². The third kappa shape index (κ3) is 3.16. The van der Waals surface area contributed by atoms with Crippen molar-refractivity contribution in [2.75, 3.05) is 7.05 Å². The summed E-state index contributed by atoms with van der Waals surface area (Å²) < 4.78 is 1.23. The monoisotopic (exact) mass is 349 g/mol. The van der Waals surface area contributed by atoms with E-state index in [-0.39, 0.29) is 0 Å². The number of fused-ring (bicyclic) bond motifs is 1. The van der Waals surface area contributed by atoms with Gasteiger partial charge in [0.1, 0.15) is 0 Å². The van der Waals surface area contributed by atoms with E-state index in [1.165, 1.54) is 27.9 Å². The Bertz CT molecular complexity index is 578. The highest BCUT2D eigenvalue weighted by molar-refractivity contribution is 9.11. The maximum absolute atomic E-state index is 3.56. The van der Waals surface area contributed by atoms with E-state index in [0.717, 1.165) is 12.3 Å². The molecular formula is C17H20BrNS. The van der Waals surface area contributed by atoms with Crippen molar-refractivity contribution in [3.8, 4) is 0 Å². The van der Waals surface area contributed by atoms with Crippen molar-refractivity contribution in [1.29, 1.82) is 0 Å². The molecule has 3 rings (SSSR count). The summed E-state index contributed by atoms with van der Waals surface area (Å²) in [6, 6.07) is 13.9. The van der Waals surface area contributed by atoms with Gasteiger partial charge in [-0.2, -0.15) is 0 Å². The zero-order valence-electron chi connectivity index (χ0n) is 11.7. The average molecular weight is 350 g/mol. The fraction of sp³-hybridized carbons (Fsp3) is 0.412. The van der Waals surface area contributed by atoms with Crippen molar-refractivity contribution in [2.24, 2.45) is 5.92 Å². The molecule has 0 bridgehead atoms. The number of halogens is 1. The van der Waals surface area contributed by atoms with Gasteiger partial charge < -0.3 is 5.32 Å². The number of hydrogen-bond donors (Lipinski definition) is 1. The molecule has 0 spiro atoms. The van der Waals surface area contributed by atoms with Crippen molar-refractivity contribution in [2.45, 2.75) is 31.7 Å². The minimum atomic E-state index is 0.578. The first-order chi connectivity index (χ1) is 9.76. The van der Waals surface area contributed by atoms with E-state index in [2.05, 4.69) is 64.7 Å². The highest BCUT2D eigenvalue weighted by Crippen LogP contribution is 2.30. The molecule has 0 radical (unpaired) electrons. The predicted octanol–water partition coefficient (Wildman–Crippen LogP) is 4.45. The summed E-state index contributed by atoms with van der Waals surface area (Å²) in [5.74, 6) is 0.746. The molecule has 0 saturated carbocycles. The molecule has 0 amide bonds. The summed E-state index contributed by atoms with van der Waals surface area (Å²) in [5, 5.41) is 3.55. The summed E-state index contributed by atoms with van der Waals surface area (Å²) in [6.07, 6.45) is 4.88. The quantitative estimate of drug-likeness (QED) is 0.859. The van der Waals surface area contributed by atoms with Gasteiger partial charge >= 0.3 is 0 Å². The number of nitrogens with one attached hydrogen (secondary N) is 1. The van der Waals surface area contributed by atoms with Crippen LogP contribution in [0.15, 0.2) is 40.2 Å². The lowest BCUT2D eigenvalue weighted by molar-refractivity contribution is 0.334. The summed E-state index contributed by atoms with van der Waals surface area (Å²) in [4.78, 5) is 1.47. The lowest BCUT2D eigenvalue weighted by Crippen LogP contribution is -2.38. The second kappa shape index (κ2) is 6.42. The molecule has 1 aromatic carbocycles. The van der Waals surface area contributed by atoms with E-state index in [4.69, 9.17) is 0 Å². The Labute approximate surface area is 133 Å². The van der Waals surface area contributed by atoms with E-state index >= 15 is 0 Å². The van der Waals surface area contributed by atoms with Crippen LogP contribution < -0.4 is 5.32 Å². The second-order valence-electron chi connectivity index (χ2n) is 5.58. The molecule has 20 heavy (non-hydrogen) atoms. The van der Waals surface area contributed by atoms with Crippen LogP contribution in [-0.4, -0.2) is 13.1 Å². The van der Waals surface area contributed by atoms with Gasteiger partial charge in [0, 0.05) is 10.9 Å². The van der Waals surface area contributed by atoms with Gasteiger partial charge in [0.25, 0.3) is 0 Å². The highest BCUT2D eigenvalue weighted by Gasteiger charge is 2.25. The Morgan fingerprint density at radius 2 is 2.05 bits per heavy atom. The normalized spacial score (nSPS) is 19.6. The van der Waals surface area contributed by atoms with Crippen LogP contribution in [0.1, 0.15) is 22.4 Å². The largest absolute Gasteiger partial charge is 0.316 e. The minimum absolute atomic E-state index is 0.578. The summed E-state index contributed by atoms with van der Waals surface area (Å²) in [6.45, 7) is 0. The van der Waals surface area contributed by atoms with Gasteiger partial charge in [0.2, 0.25) is 0 Å². The van der Waals surface area contributed by atoms with Crippen LogP contribution in [0.4, 0.5) is 0 Å². The van der Waals surface area contributed by atoms with Gasteiger partial charge in [-0.1, -0.05) is 24.3 Å². The molecule has 0 saturated heterocycles. The first-order valence-corrected chi connectivity index (χ1v) is 8.85. The number of likely N-dealkylation sites (N-methyl/N-ethyl adjacent to an activating group) is 1. The van der Waals surface area contributed by atoms with Gasteiger partial charge in [-0.15, -0.1) is 11.3 Å². The van der Waals surface area contributed by atoms with Crippen LogP contribution in [-0.2, 0) is 19.3 Å². The first kappa shape index (κ1) is 14.3. The van der Waals surface area contributed by atoms with Crippen molar-refractivity contribution < 1.29 is 0 Å². The molecule has 0 aliphatic heterocycles. The van der Waals surface area contributed by atoms with Crippen molar-refractivity contribution in [3.63, 3.8) is 0 Å². The van der Waals surface area contributed by atoms with Crippen LogP contribution in [0.2, 0.25) is 0 Å². The Balaban J connectivity index is 1.71. The third-order valence-electron chi connectivity index (χ3n) is 4.37. The van der Waals surface area contributed by atoms with Gasteiger partial charge in [-0.05, 0) is 77.8 Å². The standard InChI is InChI=1S/C17H20BrNS/c1-19-16(11-15-8-9-17(18)20-15)14-7-6-12-4-2-3-5-13(12)10-14/h2-5,8-9,14,16,19H,6-7,10-11H2,1H3. The number of thiophene rings is 1. The average Bonchev–Trinajstić information content (AvgIpc) is 2.89. The fourth-order valence-electron chi connectivity index (χ4n) is 3.25. The van der Waals surface area contributed by atoms with Crippen LogP contribution in [0.3, 0.4) is 0 Å². The summed E-state index contributed by atoms with van der Waals surface area (Å²) in [5.41, 5.74) is 3.11. The Morgan fingerprint density at radius 1 is 1.25 bits per heavy atom. The molecule has 0 fully saturated rings. The van der Waals surface area contributed by atoms with E-state index in [1.807, 2.05) is 11.3 Å². The van der Waals surface area contributed by atoms with Gasteiger partial charge in [0.15, 0.2) is 0 Å².